The van der Waals surface area contributed by atoms with Crippen LogP contribution in [0.4, 0.5) is 0 Å². The van der Waals surface area contributed by atoms with Crippen LogP contribution in [-0.4, -0.2) is 17.1 Å². The van der Waals surface area contributed by atoms with Gasteiger partial charge in [0.15, 0.2) is 4.80 Å². The molecule has 0 radical (unpaired) electrons. The van der Waals surface area contributed by atoms with Gasteiger partial charge in [0.2, 0.25) is 0 Å². The lowest BCUT2D eigenvalue weighted by atomic mass is 9.96. The van der Waals surface area contributed by atoms with Crippen LogP contribution in [0.15, 0.2) is 69.6 Å². The van der Waals surface area contributed by atoms with E-state index >= 15 is 0 Å². The molecule has 3 aromatic rings. The van der Waals surface area contributed by atoms with Crippen molar-refractivity contribution in [2.24, 2.45) is 4.99 Å². The zero-order valence-corrected chi connectivity index (χ0v) is 20.5. The number of hydrogen-bond acceptors (Lipinski definition) is 5. The average molecular weight is 481 g/mol. The number of halogens is 1. The molecule has 4 rings (SSSR count). The van der Waals surface area contributed by atoms with Crippen molar-refractivity contribution < 1.29 is 9.53 Å². The molecule has 2 heterocycles. The first-order chi connectivity index (χ1) is 15.8. The van der Waals surface area contributed by atoms with E-state index in [2.05, 4.69) is 31.0 Å². The second-order valence-corrected chi connectivity index (χ2v) is 9.62. The molecule has 0 bridgehead atoms. The third-order valence-electron chi connectivity index (χ3n) is 5.60. The summed E-state index contributed by atoms with van der Waals surface area (Å²) in [6, 6.07) is 14.7. The Morgan fingerprint density at radius 1 is 1.18 bits per heavy atom. The van der Waals surface area contributed by atoms with Gasteiger partial charge in [-0.15, -0.1) is 0 Å². The Bertz CT molecular complexity index is 1400. The molecule has 0 spiro atoms. The third kappa shape index (κ3) is 4.59. The summed E-state index contributed by atoms with van der Waals surface area (Å²) in [5.41, 5.74) is 3.66. The monoisotopic (exact) mass is 480 g/mol. The molecule has 0 saturated heterocycles. The average Bonchev–Trinajstić information content (AvgIpc) is 3.08. The highest BCUT2D eigenvalue weighted by Gasteiger charge is 2.33. The van der Waals surface area contributed by atoms with Gasteiger partial charge >= 0.3 is 5.97 Å². The molecule has 7 heteroatoms. The molecule has 33 heavy (non-hydrogen) atoms. The Morgan fingerprint density at radius 2 is 1.85 bits per heavy atom. The van der Waals surface area contributed by atoms with Gasteiger partial charge in [-0.05, 0) is 54.7 Å². The minimum absolute atomic E-state index is 0.194. The molecular formula is C26H25ClN2O3S. The molecule has 0 fully saturated rings. The van der Waals surface area contributed by atoms with E-state index in [1.54, 1.807) is 30.5 Å². The normalized spacial score (nSPS) is 16.1. The summed E-state index contributed by atoms with van der Waals surface area (Å²) >= 11 is 7.41. The fraction of sp³-hybridized carbons (Fsp3) is 0.269. The number of aromatic nitrogens is 1. The number of nitrogens with zero attached hydrogens (tertiary/aromatic N) is 2. The Kier molecular flexibility index (Phi) is 6.68. The van der Waals surface area contributed by atoms with Crippen molar-refractivity contribution in [3.8, 4) is 0 Å². The number of hydrogen-bond donors (Lipinski definition) is 0. The fourth-order valence-corrected chi connectivity index (χ4v) is 5.05. The lowest BCUT2D eigenvalue weighted by Gasteiger charge is -2.24. The van der Waals surface area contributed by atoms with Crippen LogP contribution >= 0.6 is 22.9 Å². The van der Waals surface area contributed by atoms with Crippen LogP contribution in [0.3, 0.4) is 0 Å². The van der Waals surface area contributed by atoms with Crippen LogP contribution < -0.4 is 14.9 Å². The standard InChI is InChI=1S/C26H25ClN2O3S/c1-5-32-25(31)22-16(4)28-26-29(23(22)19-10-12-20(27)13-11-19)24(30)21(33-26)14-17-6-8-18(9-7-17)15(2)3/h6-15,23H,5H2,1-4H3/b21-14+/t23-/m0/s1. The van der Waals surface area contributed by atoms with Crippen LogP contribution in [0.5, 0.6) is 0 Å². The Morgan fingerprint density at radius 3 is 2.45 bits per heavy atom. The minimum Gasteiger partial charge on any atom is -0.463 e. The maximum absolute atomic E-state index is 13.6. The van der Waals surface area contributed by atoms with Crippen LogP contribution in [-0.2, 0) is 9.53 Å². The van der Waals surface area contributed by atoms with Gasteiger partial charge in [0.1, 0.15) is 0 Å². The highest BCUT2D eigenvalue weighted by molar-refractivity contribution is 7.07. The van der Waals surface area contributed by atoms with E-state index in [-0.39, 0.29) is 12.2 Å². The van der Waals surface area contributed by atoms with Gasteiger partial charge in [-0.25, -0.2) is 9.79 Å². The first-order valence-electron chi connectivity index (χ1n) is 10.8. The summed E-state index contributed by atoms with van der Waals surface area (Å²) in [5.74, 6) is -0.0368. The summed E-state index contributed by atoms with van der Waals surface area (Å²) in [6.07, 6.45) is 1.87. The summed E-state index contributed by atoms with van der Waals surface area (Å²) in [4.78, 5) is 31.6. The quantitative estimate of drug-likeness (QED) is 0.502. The molecule has 2 aromatic carbocycles. The number of carbonyl (C=O) groups excluding carboxylic acids is 1. The molecule has 1 atom stereocenters. The van der Waals surface area contributed by atoms with Gasteiger partial charge in [0.05, 0.1) is 28.5 Å². The molecular weight excluding hydrogens is 456 g/mol. The highest BCUT2D eigenvalue weighted by Crippen LogP contribution is 2.31. The largest absolute Gasteiger partial charge is 0.463 e. The Hall–Kier alpha value is -2.96. The predicted molar refractivity (Wildman–Crippen MR) is 132 cm³/mol. The number of esters is 1. The van der Waals surface area contributed by atoms with Crippen molar-refractivity contribution >= 4 is 35.0 Å². The lowest BCUT2D eigenvalue weighted by molar-refractivity contribution is -0.139. The zero-order chi connectivity index (χ0) is 23.7. The maximum Gasteiger partial charge on any atom is 0.338 e. The van der Waals surface area contributed by atoms with Gasteiger partial charge in [0.25, 0.3) is 5.56 Å². The molecule has 0 amide bonds. The number of allylic oxidation sites excluding steroid dienone is 1. The molecule has 170 valence electrons. The van der Waals surface area contributed by atoms with Gasteiger partial charge < -0.3 is 4.74 Å². The first-order valence-corrected chi connectivity index (χ1v) is 12.0. The van der Waals surface area contributed by atoms with E-state index in [0.29, 0.717) is 31.5 Å². The van der Waals surface area contributed by atoms with Gasteiger partial charge in [0, 0.05) is 5.02 Å². The third-order valence-corrected chi connectivity index (χ3v) is 6.84. The molecule has 0 saturated carbocycles. The Labute approximate surface area is 201 Å². The van der Waals surface area contributed by atoms with Crippen LogP contribution in [0, 0.1) is 0 Å². The van der Waals surface area contributed by atoms with Crippen molar-refractivity contribution in [3.63, 3.8) is 0 Å². The van der Waals surface area contributed by atoms with E-state index in [0.717, 1.165) is 11.1 Å². The van der Waals surface area contributed by atoms with Crippen LogP contribution in [0.25, 0.3) is 6.08 Å². The highest BCUT2D eigenvalue weighted by atomic mass is 35.5. The summed E-state index contributed by atoms with van der Waals surface area (Å²) in [5, 5.41) is 0.578. The van der Waals surface area contributed by atoms with Crippen LogP contribution in [0.1, 0.15) is 56.3 Å². The minimum atomic E-state index is -0.636. The number of ether oxygens (including phenoxy) is 1. The molecule has 1 aromatic heterocycles. The summed E-state index contributed by atoms with van der Waals surface area (Å²) in [6.45, 7) is 8.06. The fourth-order valence-electron chi connectivity index (χ4n) is 3.88. The zero-order valence-electron chi connectivity index (χ0n) is 19.0. The predicted octanol–water partition coefficient (Wildman–Crippen LogP) is 4.58. The number of fused-ring (bicyclic) bond motifs is 1. The van der Waals surface area contributed by atoms with Crippen molar-refractivity contribution in [3.05, 3.63) is 101 Å². The van der Waals surface area contributed by atoms with E-state index in [1.807, 2.05) is 30.3 Å². The Balaban J connectivity index is 1.90. The smallest absolute Gasteiger partial charge is 0.338 e. The molecule has 1 aliphatic heterocycles. The second-order valence-electron chi connectivity index (χ2n) is 8.18. The summed E-state index contributed by atoms with van der Waals surface area (Å²) < 4.78 is 7.46. The number of carbonyl (C=O) groups is 1. The van der Waals surface area contributed by atoms with Crippen molar-refractivity contribution in [2.45, 2.75) is 39.7 Å². The van der Waals surface area contributed by atoms with Gasteiger partial charge in [-0.1, -0.05) is 73.2 Å². The van der Waals surface area contributed by atoms with Gasteiger partial charge in [-0.3, -0.25) is 9.36 Å². The van der Waals surface area contributed by atoms with Crippen molar-refractivity contribution in [1.82, 2.24) is 4.57 Å². The second kappa shape index (κ2) is 9.49. The molecule has 1 aliphatic rings. The SMILES string of the molecule is CCOC(=O)C1=C(C)N=c2s/c(=C/c3ccc(C(C)C)cc3)c(=O)n2[C@H]1c1ccc(Cl)cc1. The molecule has 5 nitrogen and oxygen atoms in total. The van der Waals surface area contributed by atoms with E-state index in [1.165, 1.54) is 16.9 Å². The lowest BCUT2D eigenvalue weighted by Crippen LogP contribution is -2.39. The van der Waals surface area contributed by atoms with E-state index in [9.17, 15) is 9.59 Å². The molecule has 0 N–H and O–H groups in total. The number of rotatable bonds is 5. The number of thiazole rings is 1. The van der Waals surface area contributed by atoms with Crippen molar-refractivity contribution in [1.29, 1.82) is 0 Å². The van der Waals surface area contributed by atoms with Crippen LogP contribution in [0.2, 0.25) is 5.02 Å². The topological polar surface area (TPSA) is 60.7 Å². The molecule has 0 aliphatic carbocycles. The first kappa shape index (κ1) is 23.2. The van der Waals surface area contributed by atoms with E-state index in [4.69, 9.17) is 16.3 Å². The molecule has 0 unspecified atom stereocenters. The van der Waals surface area contributed by atoms with E-state index < -0.39 is 12.0 Å². The van der Waals surface area contributed by atoms with Crippen molar-refractivity contribution in [2.75, 3.05) is 6.61 Å². The summed E-state index contributed by atoms with van der Waals surface area (Å²) in [7, 11) is 0. The number of benzene rings is 2. The maximum atomic E-state index is 13.6. The van der Waals surface area contributed by atoms with Gasteiger partial charge in [-0.2, -0.15) is 0 Å².